The van der Waals surface area contributed by atoms with Crippen molar-refractivity contribution in [3.63, 3.8) is 0 Å². The Morgan fingerprint density at radius 3 is 2.73 bits per heavy atom. The smallest absolute Gasteiger partial charge is 0.410 e. The van der Waals surface area contributed by atoms with E-state index in [0.717, 1.165) is 15.7 Å². The number of benzene rings is 1. The first-order chi connectivity index (χ1) is 21.6. The Balaban J connectivity index is 1.23. The number of aryl methyl sites for hydroxylation is 1. The zero-order valence-electron chi connectivity index (χ0n) is 25.4. The van der Waals surface area contributed by atoms with Crippen LogP contribution in [0.1, 0.15) is 32.8 Å². The molecule has 234 valence electrons. The summed E-state index contributed by atoms with van der Waals surface area (Å²) in [7, 11) is 0. The minimum Gasteiger partial charge on any atom is -0.457 e. The second kappa shape index (κ2) is 12.4. The number of aliphatic hydroxyl groups is 1. The topological polar surface area (TPSA) is 143 Å². The number of hydrogen-bond acceptors (Lipinski definition) is 11. The van der Waals surface area contributed by atoms with Gasteiger partial charge in [-0.15, -0.1) is 0 Å². The molecule has 45 heavy (non-hydrogen) atoms. The Labute approximate surface area is 268 Å². The molecule has 0 aliphatic carbocycles. The highest BCUT2D eigenvalue weighted by Gasteiger charge is 2.32. The summed E-state index contributed by atoms with van der Waals surface area (Å²) < 4.78 is 14.2. The van der Waals surface area contributed by atoms with Gasteiger partial charge in [0.1, 0.15) is 41.1 Å². The van der Waals surface area contributed by atoms with E-state index in [9.17, 15) is 9.90 Å². The average molecular weight is 677 g/mol. The number of fused-ring (bicyclic) bond motifs is 2. The van der Waals surface area contributed by atoms with Crippen molar-refractivity contribution in [3.05, 3.63) is 65.3 Å². The number of ether oxygens (including phenoxy) is 2. The Kier molecular flexibility index (Phi) is 8.42. The summed E-state index contributed by atoms with van der Waals surface area (Å²) in [5.41, 5.74) is 3.04. The molecule has 0 radical (unpaired) electrons. The summed E-state index contributed by atoms with van der Waals surface area (Å²) in [6.07, 6.45) is 5.04. The molecule has 0 bridgehead atoms. The summed E-state index contributed by atoms with van der Waals surface area (Å²) in [6, 6.07) is 10.9. The van der Waals surface area contributed by atoms with Crippen molar-refractivity contribution in [2.24, 2.45) is 0 Å². The third kappa shape index (κ3) is 6.76. The summed E-state index contributed by atoms with van der Waals surface area (Å²) in [6.45, 7) is 8.74. The average Bonchev–Trinajstić information content (AvgIpc) is 3.35. The molecular formula is C31H34BrN9O4. The van der Waals surface area contributed by atoms with Gasteiger partial charge in [0.2, 0.25) is 0 Å². The maximum atomic E-state index is 12.9. The van der Waals surface area contributed by atoms with E-state index in [2.05, 4.69) is 46.2 Å². The lowest BCUT2D eigenvalue weighted by atomic mass is 10.2. The van der Waals surface area contributed by atoms with Crippen molar-refractivity contribution in [3.8, 4) is 11.5 Å². The first kappa shape index (κ1) is 30.5. The van der Waals surface area contributed by atoms with E-state index in [1.807, 2.05) is 64.1 Å². The number of hydrogen-bond donors (Lipinski definition) is 2. The number of nitrogens with zero attached hydrogens (tertiary/aromatic N) is 8. The van der Waals surface area contributed by atoms with Gasteiger partial charge in [-0.2, -0.15) is 5.10 Å². The van der Waals surface area contributed by atoms with E-state index in [-0.39, 0.29) is 6.61 Å². The maximum Gasteiger partial charge on any atom is 0.410 e. The predicted molar refractivity (Wildman–Crippen MR) is 173 cm³/mol. The lowest BCUT2D eigenvalue weighted by Crippen LogP contribution is -2.48. The van der Waals surface area contributed by atoms with Crippen LogP contribution in [0.25, 0.3) is 16.7 Å². The molecule has 0 saturated carbocycles. The summed E-state index contributed by atoms with van der Waals surface area (Å²) in [4.78, 5) is 34.7. The van der Waals surface area contributed by atoms with E-state index >= 15 is 0 Å². The van der Waals surface area contributed by atoms with Crippen molar-refractivity contribution in [2.45, 2.75) is 45.8 Å². The number of aliphatic hydroxyl groups excluding tert-OH is 1. The van der Waals surface area contributed by atoms with Gasteiger partial charge in [0.05, 0.1) is 22.6 Å². The van der Waals surface area contributed by atoms with Gasteiger partial charge in [-0.05, 0) is 85.9 Å². The molecule has 1 fully saturated rings. The van der Waals surface area contributed by atoms with Gasteiger partial charge in [-0.25, -0.2) is 29.2 Å². The SMILES string of the molecule is Cc1cc(Nc2ncnc3cc(Br)c(N4CCCN(C(=O)OC(C)(C)C)C(CO)C4)nc23)ccc1Oc1ccn2ncnc2c1. The number of nitrogens with one attached hydrogen (secondary N) is 1. The molecule has 1 saturated heterocycles. The zero-order chi connectivity index (χ0) is 31.7. The summed E-state index contributed by atoms with van der Waals surface area (Å²) in [5, 5.41) is 17.8. The van der Waals surface area contributed by atoms with Crippen molar-refractivity contribution in [1.82, 2.24) is 34.4 Å². The molecule has 5 aromatic rings. The van der Waals surface area contributed by atoms with Gasteiger partial charge >= 0.3 is 6.09 Å². The first-order valence-corrected chi connectivity index (χ1v) is 15.4. The minimum atomic E-state index is -0.630. The third-order valence-electron chi connectivity index (χ3n) is 7.30. The van der Waals surface area contributed by atoms with Crippen LogP contribution in [0.15, 0.2) is 59.7 Å². The normalized spacial score (nSPS) is 15.7. The lowest BCUT2D eigenvalue weighted by molar-refractivity contribution is 0.0119. The van der Waals surface area contributed by atoms with Crippen LogP contribution >= 0.6 is 15.9 Å². The lowest BCUT2D eigenvalue weighted by Gasteiger charge is -2.32. The molecule has 0 spiro atoms. The molecule has 4 aromatic heterocycles. The van der Waals surface area contributed by atoms with Gasteiger partial charge in [-0.1, -0.05) is 0 Å². The fourth-order valence-corrected chi connectivity index (χ4v) is 5.76. The third-order valence-corrected chi connectivity index (χ3v) is 7.88. The number of halogens is 1. The molecule has 1 aliphatic rings. The Bertz CT molecular complexity index is 1860. The van der Waals surface area contributed by atoms with E-state index in [4.69, 9.17) is 14.5 Å². The van der Waals surface area contributed by atoms with Crippen molar-refractivity contribution >= 4 is 56.0 Å². The van der Waals surface area contributed by atoms with Crippen LogP contribution in [0.3, 0.4) is 0 Å². The quantitative estimate of drug-likeness (QED) is 0.236. The molecule has 2 N–H and O–H groups in total. The van der Waals surface area contributed by atoms with Crippen LogP contribution in [0.2, 0.25) is 0 Å². The Morgan fingerprint density at radius 2 is 1.96 bits per heavy atom. The minimum absolute atomic E-state index is 0.203. The van der Waals surface area contributed by atoms with Gasteiger partial charge in [0.25, 0.3) is 0 Å². The second-order valence-electron chi connectivity index (χ2n) is 11.8. The number of pyridine rings is 2. The highest BCUT2D eigenvalue weighted by molar-refractivity contribution is 9.10. The monoisotopic (exact) mass is 675 g/mol. The van der Waals surface area contributed by atoms with Crippen LogP contribution < -0.4 is 15.0 Å². The highest BCUT2D eigenvalue weighted by atomic mass is 79.9. The van der Waals surface area contributed by atoms with Crippen molar-refractivity contribution < 1.29 is 19.4 Å². The Hall–Kier alpha value is -4.56. The summed E-state index contributed by atoms with van der Waals surface area (Å²) >= 11 is 3.68. The second-order valence-corrected chi connectivity index (χ2v) is 12.7. The molecule has 1 aliphatic heterocycles. The first-order valence-electron chi connectivity index (χ1n) is 14.6. The Morgan fingerprint density at radius 1 is 1.11 bits per heavy atom. The maximum absolute atomic E-state index is 12.9. The molecule has 5 heterocycles. The molecule has 14 heteroatoms. The number of amides is 1. The predicted octanol–water partition coefficient (Wildman–Crippen LogP) is 5.48. The van der Waals surface area contributed by atoms with Crippen LogP contribution in [-0.4, -0.2) is 83.5 Å². The van der Waals surface area contributed by atoms with Crippen LogP contribution in [0.4, 0.5) is 22.1 Å². The van der Waals surface area contributed by atoms with Gasteiger partial charge in [-0.3, -0.25) is 0 Å². The van der Waals surface area contributed by atoms with Gasteiger partial charge in [0.15, 0.2) is 11.5 Å². The molecule has 1 aromatic carbocycles. The van der Waals surface area contributed by atoms with Gasteiger partial charge in [0, 0.05) is 37.6 Å². The fourth-order valence-electron chi connectivity index (χ4n) is 5.20. The molecule has 1 atom stereocenters. The van der Waals surface area contributed by atoms with Crippen LogP contribution in [0.5, 0.6) is 11.5 Å². The molecular weight excluding hydrogens is 642 g/mol. The van der Waals surface area contributed by atoms with Crippen molar-refractivity contribution in [2.75, 3.05) is 36.5 Å². The molecule has 1 amide bonds. The fraction of sp³-hybridized carbons (Fsp3) is 0.355. The summed E-state index contributed by atoms with van der Waals surface area (Å²) in [5.74, 6) is 2.59. The van der Waals surface area contributed by atoms with E-state index in [1.54, 1.807) is 15.6 Å². The van der Waals surface area contributed by atoms with Crippen LogP contribution in [0, 0.1) is 6.92 Å². The van der Waals surface area contributed by atoms with E-state index < -0.39 is 17.7 Å². The largest absolute Gasteiger partial charge is 0.457 e. The van der Waals surface area contributed by atoms with E-state index in [1.165, 1.54) is 12.7 Å². The van der Waals surface area contributed by atoms with Gasteiger partial charge < -0.3 is 29.7 Å². The number of carbonyl (C=O) groups is 1. The number of rotatable bonds is 6. The molecule has 13 nitrogen and oxygen atoms in total. The number of carbonyl (C=O) groups excluding carboxylic acids is 1. The van der Waals surface area contributed by atoms with Crippen LogP contribution in [-0.2, 0) is 4.74 Å². The van der Waals surface area contributed by atoms with E-state index in [0.29, 0.717) is 65.9 Å². The standard InChI is InChI=1S/C31H34BrN9O4/c1-19-12-20(6-7-25(19)44-22-8-11-41-26(13-22)34-18-36-41)37-28-27-24(33-17-35-28)14-23(32)29(38-27)39-9-5-10-40(21(15-39)16-42)30(43)45-31(2,3)4/h6-8,11-14,17-18,21,42H,5,9-10,15-16H2,1-4H3,(H,33,35,37). The molecule has 1 unspecified atom stereocenters. The highest BCUT2D eigenvalue weighted by Crippen LogP contribution is 2.33. The molecule has 6 rings (SSSR count). The zero-order valence-corrected chi connectivity index (χ0v) is 27.0. The number of aromatic nitrogens is 6. The van der Waals surface area contributed by atoms with Crippen molar-refractivity contribution in [1.29, 1.82) is 0 Å². The number of anilines is 3.